The third kappa shape index (κ3) is 3.75. The van der Waals surface area contributed by atoms with Crippen LogP contribution < -0.4 is 5.32 Å². The van der Waals surface area contributed by atoms with E-state index in [0.717, 1.165) is 12.0 Å². The lowest BCUT2D eigenvalue weighted by atomic mass is 9.82. The van der Waals surface area contributed by atoms with Gasteiger partial charge in [0.2, 0.25) is 5.91 Å². The summed E-state index contributed by atoms with van der Waals surface area (Å²) in [6.07, 6.45) is 4.63. The Morgan fingerprint density at radius 1 is 1.19 bits per heavy atom. The molecule has 1 saturated carbocycles. The Bertz CT molecular complexity index is 780. The van der Waals surface area contributed by atoms with E-state index in [0.29, 0.717) is 11.4 Å². The summed E-state index contributed by atoms with van der Waals surface area (Å²) in [5.41, 5.74) is 1.51. The number of carbonyl (C=O) groups excluding carboxylic acids is 1. The van der Waals surface area contributed by atoms with Crippen LogP contribution >= 0.6 is 0 Å². The van der Waals surface area contributed by atoms with Crippen LogP contribution in [-0.4, -0.2) is 25.9 Å². The molecular weight excluding hydrogens is 350 g/mol. The van der Waals surface area contributed by atoms with Crippen LogP contribution in [0.25, 0.3) is 0 Å². The summed E-state index contributed by atoms with van der Waals surface area (Å²) in [5.74, 6) is -1.97. The number of carbonyl (C=O) groups is 2. The zero-order chi connectivity index (χ0) is 19.1. The minimum atomic E-state index is -1.02. The van der Waals surface area contributed by atoms with Gasteiger partial charge in [-0.3, -0.25) is 13.8 Å². The molecule has 2 N–H and O–H groups in total. The maximum Gasteiger partial charge on any atom is 0.307 e. The number of fused-ring (bicyclic) bond motifs is 2. The number of aliphatic carboxylic acids is 1. The van der Waals surface area contributed by atoms with Gasteiger partial charge in [0.05, 0.1) is 11.8 Å². The maximum absolute atomic E-state index is 12.7. The van der Waals surface area contributed by atoms with E-state index in [1.165, 1.54) is 0 Å². The third-order valence-corrected chi connectivity index (χ3v) is 7.18. The van der Waals surface area contributed by atoms with E-state index in [1.807, 2.05) is 51.1 Å². The van der Waals surface area contributed by atoms with Crippen LogP contribution in [0.15, 0.2) is 36.4 Å². The molecule has 1 fully saturated rings. The minimum Gasteiger partial charge on any atom is -0.481 e. The molecule has 0 aliphatic heterocycles. The standard InChI is InChI=1S/C20H25NO4S/c1-20(2,3)26(25)11-12-5-4-6-15(9-12)21-18(22)16-13-7-8-14(10-13)17(16)19(23)24/h4-9,13-14,16-17H,10-11H2,1-3H3,(H,21,22)(H,23,24). The van der Waals surface area contributed by atoms with Crippen LogP contribution in [0.4, 0.5) is 5.69 Å². The van der Waals surface area contributed by atoms with Gasteiger partial charge in [0.15, 0.2) is 0 Å². The average Bonchev–Trinajstić information content (AvgIpc) is 3.15. The quantitative estimate of drug-likeness (QED) is 0.774. The zero-order valence-corrected chi connectivity index (χ0v) is 16.1. The number of anilines is 1. The second kappa shape index (κ2) is 6.99. The van der Waals surface area contributed by atoms with Crippen molar-refractivity contribution in [1.82, 2.24) is 0 Å². The van der Waals surface area contributed by atoms with Gasteiger partial charge in [-0.05, 0) is 56.7 Å². The number of benzene rings is 1. The highest BCUT2D eigenvalue weighted by Gasteiger charge is 2.51. The zero-order valence-electron chi connectivity index (χ0n) is 15.3. The molecule has 2 bridgehead atoms. The maximum atomic E-state index is 12.7. The first-order valence-electron chi connectivity index (χ1n) is 8.86. The largest absolute Gasteiger partial charge is 0.481 e. The van der Waals surface area contributed by atoms with Crippen molar-refractivity contribution in [2.24, 2.45) is 23.7 Å². The van der Waals surface area contributed by atoms with Crippen LogP contribution in [0.5, 0.6) is 0 Å². The molecule has 140 valence electrons. The lowest BCUT2D eigenvalue weighted by Gasteiger charge is -2.24. The van der Waals surface area contributed by atoms with Gasteiger partial charge in [-0.1, -0.05) is 24.3 Å². The van der Waals surface area contributed by atoms with E-state index in [4.69, 9.17) is 0 Å². The Balaban J connectivity index is 1.72. The fourth-order valence-electron chi connectivity index (χ4n) is 3.85. The van der Waals surface area contributed by atoms with Crippen molar-refractivity contribution in [3.63, 3.8) is 0 Å². The van der Waals surface area contributed by atoms with Gasteiger partial charge in [0.25, 0.3) is 0 Å². The highest BCUT2D eigenvalue weighted by atomic mass is 32.2. The van der Waals surface area contributed by atoms with Crippen molar-refractivity contribution in [3.05, 3.63) is 42.0 Å². The van der Waals surface area contributed by atoms with Gasteiger partial charge in [-0.15, -0.1) is 0 Å². The predicted molar refractivity (Wildman–Crippen MR) is 102 cm³/mol. The van der Waals surface area contributed by atoms with E-state index in [9.17, 15) is 18.9 Å². The van der Waals surface area contributed by atoms with Gasteiger partial charge < -0.3 is 10.4 Å². The molecule has 5 unspecified atom stereocenters. The van der Waals surface area contributed by atoms with Gasteiger partial charge in [0, 0.05) is 27.0 Å². The van der Waals surface area contributed by atoms with Crippen molar-refractivity contribution in [1.29, 1.82) is 0 Å². The number of carboxylic acids is 1. The van der Waals surface area contributed by atoms with Gasteiger partial charge >= 0.3 is 5.97 Å². The number of allylic oxidation sites excluding steroid dienone is 2. The molecule has 3 rings (SSSR count). The number of carboxylic acid groups (broad SMARTS) is 1. The molecule has 5 atom stereocenters. The molecular formula is C20H25NO4S. The first kappa shape index (κ1) is 18.8. The van der Waals surface area contributed by atoms with E-state index in [2.05, 4.69) is 5.32 Å². The molecule has 0 radical (unpaired) electrons. The molecule has 0 spiro atoms. The lowest BCUT2D eigenvalue weighted by molar-refractivity contribution is -0.146. The topological polar surface area (TPSA) is 83.5 Å². The second-order valence-corrected chi connectivity index (χ2v) is 10.3. The summed E-state index contributed by atoms with van der Waals surface area (Å²) in [6.45, 7) is 5.80. The molecule has 1 aromatic rings. The summed E-state index contributed by atoms with van der Waals surface area (Å²) in [7, 11) is -1.02. The first-order valence-corrected chi connectivity index (χ1v) is 10.2. The Kier molecular flexibility index (Phi) is 5.06. The second-order valence-electron chi connectivity index (χ2n) is 8.13. The number of rotatable bonds is 5. The SMILES string of the molecule is CC(C)(C)S(=O)Cc1cccc(NC(=O)C2C3C=CC(C3)C2C(=O)O)c1. The van der Waals surface area contributed by atoms with Crippen LogP contribution in [0, 0.1) is 23.7 Å². The third-order valence-electron chi connectivity index (χ3n) is 5.22. The Morgan fingerprint density at radius 2 is 1.85 bits per heavy atom. The monoisotopic (exact) mass is 375 g/mol. The molecule has 26 heavy (non-hydrogen) atoms. The number of hydrogen-bond acceptors (Lipinski definition) is 3. The van der Waals surface area contributed by atoms with E-state index in [1.54, 1.807) is 6.07 Å². The van der Waals surface area contributed by atoms with Gasteiger partial charge in [-0.2, -0.15) is 0 Å². The Morgan fingerprint density at radius 3 is 2.46 bits per heavy atom. The fraction of sp³-hybridized carbons (Fsp3) is 0.500. The Hall–Kier alpha value is -1.95. The molecule has 5 nitrogen and oxygen atoms in total. The molecule has 0 aromatic heterocycles. The number of nitrogens with one attached hydrogen (secondary N) is 1. The first-order chi connectivity index (χ1) is 12.2. The summed E-state index contributed by atoms with van der Waals surface area (Å²) >= 11 is 0. The summed E-state index contributed by atoms with van der Waals surface area (Å²) in [5, 5.41) is 12.4. The average molecular weight is 375 g/mol. The van der Waals surface area contributed by atoms with Crippen LogP contribution in [0.1, 0.15) is 32.8 Å². The minimum absolute atomic E-state index is 0.00215. The highest BCUT2D eigenvalue weighted by Crippen LogP contribution is 2.48. The van der Waals surface area contributed by atoms with Gasteiger partial charge in [0.1, 0.15) is 0 Å². The van der Waals surface area contributed by atoms with Crippen LogP contribution in [0.3, 0.4) is 0 Å². The molecule has 2 aliphatic carbocycles. The lowest BCUT2D eigenvalue weighted by Crippen LogP contribution is -2.36. The van der Waals surface area contributed by atoms with E-state index in [-0.39, 0.29) is 22.5 Å². The smallest absolute Gasteiger partial charge is 0.307 e. The molecule has 6 heteroatoms. The van der Waals surface area contributed by atoms with Crippen molar-refractivity contribution in [2.45, 2.75) is 37.7 Å². The van der Waals surface area contributed by atoms with Crippen molar-refractivity contribution >= 4 is 28.4 Å². The summed E-state index contributed by atoms with van der Waals surface area (Å²) in [6, 6.07) is 7.31. The highest BCUT2D eigenvalue weighted by molar-refractivity contribution is 7.85. The molecule has 1 amide bonds. The van der Waals surface area contributed by atoms with Crippen molar-refractivity contribution in [2.75, 3.05) is 5.32 Å². The van der Waals surface area contributed by atoms with E-state index >= 15 is 0 Å². The van der Waals surface area contributed by atoms with Crippen molar-refractivity contribution < 1.29 is 18.9 Å². The van der Waals surface area contributed by atoms with Crippen LogP contribution in [0.2, 0.25) is 0 Å². The molecule has 2 aliphatic rings. The Labute approximate surface area is 156 Å². The normalized spacial score (nSPS) is 28.1. The van der Waals surface area contributed by atoms with Crippen molar-refractivity contribution in [3.8, 4) is 0 Å². The fourth-order valence-corrected chi connectivity index (χ4v) is 4.76. The number of amides is 1. The van der Waals surface area contributed by atoms with Gasteiger partial charge in [-0.25, -0.2) is 0 Å². The number of hydrogen-bond donors (Lipinski definition) is 2. The predicted octanol–water partition coefficient (Wildman–Crippen LogP) is 3.20. The molecule has 0 heterocycles. The molecule has 1 aromatic carbocycles. The van der Waals surface area contributed by atoms with Crippen LogP contribution in [-0.2, 0) is 26.1 Å². The summed E-state index contributed by atoms with van der Waals surface area (Å²) < 4.78 is 12.0. The van der Waals surface area contributed by atoms with E-state index < -0.39 is 28.6 Å². The molecule has 0 saturated heterocycles. The summed E-state index contributed by atoms with van der Waals surface area (Å²) in [4.78, 5) is 24.3.